The molecule has 5 heteroatoms. The van der Waals surface area contributed by atoms with E-state index in [9.17, 15) is 4.79 Å². The quantitative estimate of drug-likeness (QED) is 0.627. The molecule has 0 saturated heterocycles. The van der Waals surface area contributed by atoms with Gasteiger partial charge in [0.1, 0.15) is 12.4 Å². The molecule has 0 N–H and O–H groups in total. The van der Waals surface area contributed by atoms with Crippen molar-refractivity contribution in [3.05, 3.63) is 58.7 Å². The number of benzene rings is 1. The molecule has 0 unspecified atom stereocenters. The number of esters is 1. The number of hydrogen-bond acceptors (Lipinski definition) is 5. The van der Waals surface area contributed by atoms with E-state index in [0.717, 1.165) is 28.4 Å². The number of ether oxygens (including phenoxy) is 2. The van der Waals surface area contributed by atoms with Crippen LogP contribution in [0.25, 0.3) is 6.08 Å². The van der Waals surface area contributed by atoms with E-state index in [1.807, 2.05) is 45.0 Å². The first-order valence-electron chi connectivity index (χ1n) is 7.29. The molecule has 120 valence electrons. The maximum Gasteiger partial charge on any atom is 0.331 e. The fraction of sp³-hybridized carbons (Fsp3) is 0.278. The van der Waals surface area contributed by atoms with Gasteiger partial charge in [-0.05, 0) is 44.5 Å². The second kappa shape index (κ2) is 7.54. The Kier molecular flexibility index (Phi) is 5.46. The van der Waals surface area contributed by atoms with E-state index in [0.29, 0.717) is 5.69 Å². The lowest BCUT2D eigenvalue weighted by Crippen LogP contribution is -2.07. The minimum atomic E-state index is -0.424. The molecule has 0 atom stereocenters. The summed E-state index contributed by atoms with van der Waals surface area (Å²) in [6.45, 7) is 5.76. The van der Waals surface area contributed by atoms with E-state index in [1.54, 1.807) is 13.2 Å². The van der Waals surface area contributed by atoms with E-state index in [1.165, 1.54) is 6.08 Å². The molecule has 0 aliphatic carbocycles. The van der Waals surface area contributed by atoms with Gasteiger partial charge in [0.2, 0.25) is 0 Å². The van der Waals surface area contributed by atoms with E-state index in [-0.39, 0.29) is 6.61 Å². The summed E-state index contributed by atoms with van der Waals surface area (Å²) in [5.41, 5.74) is 4.04. The highest BCUT2D eigenvalue weighted by Crippen LogP contribution is 2.14. The van der Waals surface area contributed by atoms with Crippen LogP contribution in [0.2, 0.25) is 0 Å². The summed E-state index contributed by atoms with van der Waals surface area (Å²) >= 11 is 0. The van der Waals surface area contributed by atoms with E-state index in [4.69, 9.17) is 9.47 Å². The second-order valence-corrected chi connectivity index (χ2v) is 5.14. The highest BCUT2D eigenvalue weighted by Gasteiger charge is 2.07. The number of aryl methyl sites for hydroxylation is 3. The fourth-order valence-electron chi connectivity index (χ4n) is 2.00. The van der Waals surface area contributed by atoms with Crippen LogP contribution in [0.3, 0.4) is 0 Å². The topological polar surface area (TPSA) is 61.3 Å². The Labute approximate surface area is 136 Å². The Hall–Kier alpha value is -2.69. The lowest BCUT2D eigenvalue weighted by molar-refractivity contribution is -0.139. The summed E-state index contributed by atoms with van der Waals surface area (Å²) in [6, 6.07) is 7.42. The molecule has 2 aromatic rings. The smallest absolute Gasteiger partial charge is 0.331 e. The maximum atomic E-state index is 11.8. The van der Waals surface area contributed by atoms with E-state index in [2.05, 4.69) is 9.97 Å². The monoisotopic (exact) mass is 312 g/mol. The molecule has 0 aliphatic rings. The third-order valence-corrected chi connectivity index (χ3v) is 3.44. The summed E-state index contributed by atoms with van der Waals surface area (Å²) in [4.78, 5) is 20.6. The first kappa shape index (κ1) is 16.7. The zero-order valence-electron chi connectivity index (χ0n) is 13.8. The van der Waals surface area contributed by atoms with Crippen LogP contribution in [0.5, 0.6) is 5.75 Å². The molecule has 0 bridgehead atoms. The molecule has 1 aromatic heterocycles. The van der Waals surface area contributed by atoms with Gasteiger partial charge in [-0.2, -0.15) is 0 Å². The number of rotatable bonds is 5. The van der Waals surface area contributed by atoms with Crippen molar-refractivity contribution in [3.8, 4) is 5.75 Å². The van der Waals surface area contributed by atoms with Crippen LogP contribution in [0.4, 0.5) is 0 Å². The van der Waals surface area contributed by atoms with Crippen molar-refractivity contribution in [1.29, 1.82) is 0 Å². The van der Waals surface area contributed by atoms with Gasteiger partial charge in [0.25, 0.3) is 0 Å². The van der Waals surface area contributed by atoms with Crippen molar-refractivity contribution in [2.24, 2.45) is 0 Å². The molecule has 23 heavy (non-hydrogen) atoms. The summed E-state index contributed by atoms with van der Waals surface area (Å²) in [6.07, 6.45) is 3.07. The molecule has 1 aromatic carbocycles. The van der Waals surface area contributed by atoms with Crippen molar-refractivity contribution in [2.75, 3.05) is 7.11 Å². The van der Waals surface area contributed by atoms with Gasteiger partial charge >= 0.3 is 5.97 Å². The zero-order valence-corrected chi connectivity index (χ0v) is 13.8. The predicted molar refractivity (Wildman–Crippen MR) is 88.1 cm³/mol. The highest BCUT2D eigenvalue weighted by molar-refractivity contribution is 5.87. The normalized spacial score (nSPS) is 10.8. The zero-order chi connectivity index (χ0) is 16.8. The third kappa shape index (κ3) is 4.64. The Morgan fingerprint density at radius 3 is 2.61 bits per heavy atom. The van der Waals surface area contributed by atoms with Gasteiger partial charge in [-0.25, -0.2) is 4.79 Å². The van der Waals surface area contributed by atoms with Crippen LogP contribution in [0, 0.1) is 20.8 Å². The minimum absolute atomic E-state index is 0.112. The van der Waals surface area contributed by atoms with Crippen LogP contribution in [0.1, 0.15) is 28.3 Å². The lowest BCUT2D eigenvalue weighted by Gasteiger charge is -2.07. The van der Waals surface area contributed by atoms with Crippen molar-refractivity contribution < 1.29 is 14.3 Å². The van der Waals surface area contributed by atoms with Gasteiger partial charge in [0, 0.05) is 6.08 Å². The van der Waals surface area contributed by atoms with Gasteiger partial charge in [-0.15, -0.1) is 0 Å². The van der Waals surface area contributed by atoms with Crippen molar-refractivity contribution in [1.82, 2.24) is 9.97 Å². The molecular weight excluding hydrogens is 292 g/mol. The number of hydrogen-bond donors (Lipinski definition) is 0. The van der Waals surface area contributed by atoms with E-state index < -0.39 is 5.97 Å². The van der Waals surface area contributed by atoms with Crippen LogP contribution in [-0.2, 0) is 16.1 Å². The molecule has 0 aliphatic heterocycles. The number of carbonyl (C=O) groups is 1. The standard InChI is InChI=1S/C18H20N2O3/c1-12-13(2)20-17(14(3)19-12)11-23-18(21)9-8-15-6-5-7-16(10-15)22-4/h5-10H,11H2,1-4H3/b9-8+. The van der Waals surface area contributed by atoms with Gasteiger partial charge < -0.3 is 9.47 Å². The first-order chi connectivity index (χ1) is 11.0. The van der Waals surface area contributed by atoms with Gasteiger partial charge in [0.05, 0.1) is 29.9 Å². The Morgan fingerprint density at radius 1 is 1.13 bits per heavy atom. The highest BCUT2D eigenvalue weighted by atomic mass is 16.5. The third-order valence-electron chi connectivity index (χ3n) is 3.44. The molecule has 2 rings (SSSR count). The van der Waals surface area contributed by atoms with Crippen LogP contribution in [0.15, 0.2) is 30.3 Å². The predicted octanol–water partition coefficient (Wildman–Crippen LogP) is 3.17. The molecule has 0 spiro atoms. The van der Waals surface area contributed by atoms with Crippen LogP contribution in [-0.4, -0.2) is 23.0 Å². The van der Waals surface area contributed by atoms with Crippen LogP contribution >= 0.6 is 0 Å². The fourth-order valence-corrected chi connectivity index (χ4v) is 2.00. The van der Waals surface area contributed by atoms with Gasteiger partial charge in [-0.1, -0.05) is 12.1 Å². The first-order valence-corrected chi connectivity index (χ1v) is 7.29. The average Bonchev–Trinajstić information content (AvgIpc) is 2.55. The summed E-state index contributed by atoms with van der Waals surface area (Å²) < 4.78 is 10.4. The molecule has 5 nitrogen and oxygen atoms in total. The summed E-state index contributed by atoms with van der Waals surface area (Å²) in [5, 5.41) is 0. The second-order valence-electron chi connectivity index (χ2n) is 5.14. The molecule has 0 fully saturated rings. The average molecular weight is 312 g/mol. The lowest BCUT2D eigenvalue weighted by atomic mass is 10.2. The SMILES string of the molecule is COc1cccc(/C=C/C(=O)OCc2nc(C)c(C)nc2C)c1. The Bertz CT molecular complexity index is 739. The molecule has 1 heterocycles. The maximum absolute atomic E-state index is 11.8. The largest absolute Gasteiger partial charge is 0.497 e. The van der Waals surface area contributed by atoms with Gasteiger partial charge in [0.15, 0.2) is 0 Å². The van der Waals surface area contributed by atoms with Crippen molar-refractivity contribution in [3.63, 3.8) is 0 Å². The number of nitrogens with zero attached hydrogens (tertiary/aromatic N) is 2. The summed E-state index contributed by atoms with van der Waals surface area (Å²) in [5.74, 6) is 0.314. The Balaban J connectivity index is 1.97. The molecule has 0 radical (unpaired) electrons. The van der Waals surface area contributed by atoms with Crippen LogP contribution < -0.4 is 4.74 Å². The molecular formula is C18H20N2O3. The number of carbonyl (C=O) groups excluding carboxylic acids is 1. The van der Waals surface area contributed by atoms with E-state index >= 15 is 0 Å². The van der Waals surface area contributed by atoms with Gasteiger partial charge in [-0.3, -0.25) is 9.97 Å². The number of methoxy groups -OCH3 is 1. The summed E-state index contributed by atoms with van der Waals surface area (Å²) in [7, 11) is 1.60. The van der Waals surface area contributed by atoms with Crippen molar-refractivity contribution >= 4 is 12.0 Å². The molecule has 0 amide bonds. The Morgan fingerprint density at radius 2 is 1.87 bits per heavy atom. The molecule has 0 saturated carbocycles. The van der Waals surface area contributed by atoms with Crippen molar-refractivity contribution in [2.45, 2.75) is 27.4 Å². The minimum Gasteiger partial charge on any atom is -0.497 e. The number of aromatic nitrogens is 2.